The first-order chi connectivity index (χ1) is 18.1. The van der Waals surface area contributed by atoms with Gasteiger partial charge in [-0.3, -0.25) is 0 Å². The van der Waals surface area contributed by atoms with Crippen LogP contribution in [0.3, 0.4) is 0 Å². The summed E-state index contributed by atoms with van der Waals surface area (Å²) in [7, 11) is 1.41. The highest BCUT2D eigenvalue weighted by atomic mass is 79.9. The third-order valence-corrected chi connectivity index (χ3v) is 8.36. The molecule has 0 radical (unpaired) electrons. The van der Waals surface area contributed by atoms with Gasteiger partial charge in [-0.2, -0.15) is 0 Å². The second kappa shape index (κ2) is 9.83. The fraction of sp³-hybridized carbons (Fsp3) is 0.242. The Balaban J connectivity index is 1.53. The molecule has 0 saturated heterocycles. The van der Waals surface area contributed by atoms with Gasteiger partial charge in [0.25, 0.3) is 0 Å². The quantitative estimate of drug-likeness (QED) is 0.237. The summed E-state index contributed by atoms with van der Waals surface area (Å²) < 4.78 is 13.1. The lowest BCUT2D eigenvalue weighted by atomic mass is 9.80. The largest absolute Gasteiger partial charge is 0.472 e. The van der Waals surface area contributed by atoms with Crippen LogP contribution in [-0.2, 0) is 10.3 Å². The van der Waals surface area contributed by atoms with E-state index in [2.05, 4.69) is 58.4 Å². The number of benzene rings is 4. The van der Waals surface area contributed by atoms with E-state index in [1.807, 2.05) is 48.5 Å². The number of esters is 1. The molecule has 3 nitrogen and oxygen atoms in total. The van der Waals surface area contributed by atoms with Gasteiger partial charge in [-0.05, 0) is 66.1 Å². The zero-order valence-electron chi connectivity index (χ0n) is 20.9. The van der Waals surface area contributed by atoms with Crippen molar-refractivity contribution in [1.29, 1.82) is 0 Å². The van der Waals surface area contributed by atoms with Gasteiger partial charge in [-0.1, -0.05) is 89.8 Å². The molecular weight excluding hydrogens is 524 g/mol. The van der Waals surface area contributed by atoms with Crippen LogP contribution in [0.4, 0.5) is 0 Å². The first-order valence-electron chi connectivity index (χ1n) is 13.0. The maximum atomic E-state index is 12.8. The molecule has 0 bridgehead atoms. The van der Waals surface area contributed by atoms with Crippen molar-refractivity contribution in [1.82, 2.24) is 0 Å². The third-order valence-electron chi connectivity index (χ3n) is 7.86. The van der Waals surface area contributed by atoms with Crippen LogP contribution < -0.4 is 4.74 Å². The molecule has 1 atom stereocenters. The summed E-state index contributed by atoms with van der Waals surface area (Å²) in [6.07, 6.45) is 10.6. The molecule has 0 spiro atoms. The van der Waals surface area contributed by atoms with Crippen LogP contribution in [0.5, 0.6) is 5.75 Å². The van der Waals surface area contributed by atoms with Crippen LogP contribution in [-0.4, -0.2) is 13.1 Å². The van der Waals surface area contributed by atoms with Crippen LogP contribution in [0.15, 0.2) is 89.4 Å². The van der Waals surface area contributed by atoms with Gasteiger partial charge in [-0.15, -0.1) is 0 Å². The fourth-order valence-corrected chi connectivity index (χ4v) is 6.29. The molecule has 1 fully saturated rings. The van der Waals surface area contributed by atoms with Gasteiger partial charge in [-0.25, -0.2) is 4.79 Å². The lowest BCUT2D eigenvalue weighted by Gasteiger charge is -2.37. The van der Waals surface area contributed by atoms with Crippen molar-refractivity contribution in [2.24, 2.45) is 0 Å². The zero-order valence-corrected chi connectivity index (χ0v) is 22.5. The molecule has 6 rings (SSSR count). The van der Waals surface area contributed by atoms with E-state index in [0.717, 1.165) is 31.9 Å². The van der Waals surface area contributed by atoms with Crippen LogP contribution in [0.25, 0.3) is 16.8 Å². The minimum Gasteiger partial charge on any atom is -0.472 e. The predicted molar refractivity (Wildman–Crippen MR) is 152 cm³/mol. The molecule has 2 aliphatic rings. The molecule has 0 amide bonds. The van der Waals surface area contributed by atoms with Gasteiger partial charge in [0.15, 0.2) is 5.60 Å². The lowest BCUT2D eigenvalue weighted by molar-refractivity contribution is 0.0599. The summed E-state index contributed by atoms with van der Waals surface area (Å²) in [5.74, 6) is 0.951. The van der Waals surface area contributed by atoms with Crippen molar-refractivity contribution in [2.75, 3.05) is 7.11 Å². The topological polar surface area (TPSA) is 35.5 Å². The van der Waals surface area contributed by atoms with E-state index in [-0.39, 0.29) is 5.97 Å². The molecule has 1 aliphatic carbocycles. The number of methoxy groups -OCH3 is 1. The van der Waals surface area contributed by atoms with Gasteiger partial charge >= 0.3 is 5.97 Å². The molecule has 4 aromatic rings. The molecule has 4 heteroatoms. The first-order valence-corrected chi connectivity index (χ1v) is 13.8. The number of hydrogen-bond acceptors (Lipinski definition) is 3. The van der Waals surface area contributed by atoms with E-state index >= 15 is 0 Å². The zero-order chi connectivity index (χ0) is 25.4. The second-order valence-corrected chi connectivity index (χ2v) is 10.9. The molecule has 4 aromatic carbocycles. The molecule has 1 saturated carbocycles. The summed E-state index contributed by atoms with van der Waals surface area (Å²) in [4.78, 5) is 12.8. The van der Waals surface area contributed by atoms with E-state index < -0.39 is 5.60 Å². The Bertz CT molecular complexity index is 1480. The van der Waals surface area contributed by atoms with Gasteiger partial charge in [0, 0.05) is 26.5 Å². The van der Waals surface area contributed by atoms with Gasteiger partial charge in [0.2, 0.25) is 0 Å². The van der Waals surface area contributed by atoms with Crippen molar-refractivity contribution >= 4 is 38.7 Å². The van der Waals surface area contributed by atoms with Crippen molar-refractivity contribution in [3.8, 4) is 5.75 Å². The van der Waals surface area contributed by atoms with Gasteiger partial charge in [0.1, 0.15) is 5.75 Å². The Morgan fingerprint density at radius 3 is 2.38 bits per heavy atom. The van der Waals surface area contributed by atoms with E-state index in [1.54, 1.807) is 0 Å². The highest BCUT2D eigenvalue weighted by molar-refractivity contribution is 9.10. The fourth-order valence-electron chi connectivity index (χ4n) is 5.91. The number of halogens is 1. The van der Waals surface area contributed by atoms with Gasteiger partial charge < -0.3 is 9.47 Å². The smallest absolute Gasteiger partial charge is 0.338 e. The van der Waals surface area contributed by atoms with Crippen LogP contribution in [0.2, 0.25) is 0 Å². The number of fused-ring (bicyclic) bond motifs is 3. The summed E-state index contributed by atoms with van der Waals surface area (Å²) in [6.45, 7) is 0. The minimum absolute atomic E-state index is 0.379. The monoisotopic (exact) mass is 552 g/mol. The Hall–Kier alpha value is -3.37. The molecule has 0 aromatic heterocycles. The number of rotatable bonds is 4. The van der Waals surface area contributed by atoms with E-state index in [1.165, 1.54) is 44.8 Å². The maximum absolute atomic E-state index is 12.8. The Morgan fingerprint density at radius 1 is 0.919 bits per heavy atom. The van der Waals surface area contributed by atoms with Crippen LogP contribution in [0.1, 0.15) is 70.6 Å². The van der Waals surface area contributed by atoms with Gasteiger partial charge in [0.05, 0.1) is 12.7 Å². The summed E-state index contributed by atoms with van der Waals surface area (Å²) >= 11 is 3.57. The second-order valence-electron chi connectivity index (χ2n) is 10.0. The average molecular weight is 553 g/mol. The number of ether oxygens (including phenoxy) is 2. The minimum atomic E-state index is -0.825. The Labute approximate surface area is 226 Å². The number of carbonyl (C=O) groups is 1. The Morgan fingerprint density at radius 2 is 1.65 bits per heavy atom. The highest BCUT2D eigenvalue weighted by Gasteiger charge is 2.39. The number of carbonyl (C=O) groups excluding carboxylic acids is 1. The SMILES string of the molecule is COC(=O)c1cc2cc(Br)ccc2c2c1C=CC(c1ccccc1)(c1ccc(C3CCCCC3)cc1)O2. The van der Waals surface area contributed by atoms with E-state index in [4.69, 9.17) is 9.47 Å². The first kappa shape index (κ1) is 24.0. The molecule has 1 heterocycles. The molecule has 0 N–H and O–H groups in total. The lowest BCUT2D eigenvalue weighted by Crippen LogP contribution is -2.34. The molecule has 186 valence electrons. The summed E-state index contributed by atoms with van der Waals surface area (Å²) in [5, 5.41) is 1.87. The molecule has 37 heavy (non-hydrogen) atoms. The summed E-state index contributed by atoms with van der Waals surface area (Å²) in [6, 6.07) is 27.2. The van der Waals surface area contributed by atoms with Crippen LogP contribution in [0, 0.1) is 0 Å². The summed E-state index contributed by atoms with van der Waals surface area (Å²) in [5.41, 5.74) is 3.93. The van der Waals surface area contributed by atoms with Crippen molar-refractivity contribution in [2.45, 2.75) is 43.6 Å². The van der Waals surface area contributed by atoms with Crippen molar-refractivity contribution in [3.63, 3.8) is 0 Å². The normalized spacial score (nSPS) is 19.3. The highest BCUT2D eigenvalue weighted by Crippen LogP contribution is 2.47. The maximum Gasteiger partial charge on any atom is 0.338 e. The third kappa shape index (κ3) is 4.27. The van der Waals surface area contributed by atoms with Crippen molar-refractivity contribution in [3.05, 3.63) is 117 Å². The van der Waals surface area contributed by atoms with Crippen LogP contribution >= 0.6 is 15.9 Å². The molecular formula is C33H29BrO3. The number of hydrogen-bond donors (Lipinski definition) is 0. The molecule has 1 unspecified atom stereocenters. The Kier molecular flexibility index (Phi) is 6.37. The van der Waals surface area contributed by atoms with E-state index in [0.29, 0.717) is 17.2 Å². The average Bonchev–Trinajstić information content (AvgIpc) is 2.97. The van der Waals surface area contributed by atoms with E-state index in [9.17, 15) is 4.79 Å². The molecule has 1 aliphatic heterocycles. The predicted octanol–water partition coefficient (Wildman–Crippen LogP) is 8.79. The standard InChI is InChI=1S/C33H29BrO3/c1-36-32(35)30-21-24-20-27(34)16-17-28(24)31-29(30)18-19-33(37-31,25-10-6-3-7-11-25)26-14-12-23(13-15-26)22-8-4-2-5-9-22/h3,6-7,10-22H,2,4-5,8-9H2,1H3. The van der Waals surface area contributed by atoms with Crippen molar-refractivity contribution < 1.29 is 14.3 Å².